The average Bonchev–Trinajstić information content (AvgIpc) is 3.31. The number of H-pyrrole nitrogens is 1. The first-order valence-corrected chi connectivity index (χ1v) is 8.53. The number of phenols is 1. The Morgan fingerprint density at radius 3 is 2.52 bits per heavy atom. The van der Waals surface area contributed by atoms with Gasteiger partial charge in [0.15, 0.2) is 5.82 Å². The van der Waals surface area contributed by atoms with E-state index in [0.29, 0.717) is 5.75 Å². The number of benzene rings is 2. The summed E-state index contributed by atoms with van der Waals surface area (Å²) in [7, 11) is 0. The molecule has 0 spiro atoms. The van der Waals surface area contributed by atoms with E-state index in [0.717, 1.165) is 36.5 Å². The molecule has 1 fully saturated rings. The first kappa shape index (κ1) is 15.8. The Morgan fingerprint density at radius 1 is 0.920 bits per heavy atom. The quantitative estimate of drug-likeness (QED) is 0.576. The van der Waals surface area contributed by atoms with E-state index in [2.05, 4.69) is 50.3 Å². The van der Waals surface area contributed by atoms with Crippen LogP contribution in [-0.2, 0) is 12.8 Å². The Morgan fingerprint density at radius 2 is 1.68 bits per heavy atom. The number of hydrazine groups is 1. The zero-order valence-corrected chi connectivity index (χ0v) is 13.8. The fourth-order valence-corrected chi connectivity index (χ4v) is 3.20. The van der Waals surface area contributed by atoms with Crippen molar-refractivity contribution in [1.82, 2.24) is 26.0 Å². The number of hydrogen-bond acceptors (Lipinski definition) is 5. The number of phenolic OH excluding ortho intramolecular Hbond substituents is 1. The lowest BCUT2D eigenvalue weighted by atomic mass is 10.0. The number of nitrogens with zero attached hydrogens (tertiary/aromatic N) is 2. The molecule has 1 aliphatic heterocycles. The Labute approximate surface area is 146 Å². The summed E-state index contributed by atoms with van der Waals surface area (Å²) in [5, 5.41) is 17.4. The molecule has 2 aromatic carbocycles. The molecule has 1 aliphatic rings. The van der Waals surface area contributed by atoms with Crippen LogP contribution in [0.2, 0.25) is 0 Å². The van der Waals surface area contributed by atoms with Crippen molar-refractivity contribution in [3.8, 4) is 5.75 Å². The number of aromatic hydroxyl groups is 1. The van der Waals surface area contributed by atoms with Crippen LogP contribution in [0.4, 0.5) is 0 Å². The van der Waals surface area contributed by atoms with E-state index >= 15 is 0 Å². The third kappa shape index (κ3) is 3.55. The van der Waals surface area contributed by atoms with Gasteiger partial charge in [0.1, 0.15) is 11.6 Å². The molecule has 1 saturated heterocycles. The van der Waals surface area contributed by atoms with Crippen molar-refractivity contribution in [2.45, 2.75) is 31.3 Å². The number of nitrogens with one attached hydrogen (secondary N) is 3. The highest BCUT2D eigenvalue weighted by atomic mass is 16.3. The van der Waals surface area contributed by atoms with Gasteiger partial charge in [0, 0.05) is 12.0 Å². The molecule has 3 aromatic rings. The Balaban J connectivity index is 1.39. The number of hydrogen-bond donors (Lipinski definition) is 4. The topological polar surface area (TPSA) is 85.9 Å². The molecular formula is C19H21N5O. The van der Waals surface area contributed by atoms with Crippen molar-refractivity contribution < 1.29 is 5.11 Å². The fraction of sp³-hybridized carbons (Fsp3) is 0.263. The van der Waals surface area contributed by atoms with Crippen LogP contribution in [0.5, 0.6) is 5.75 Å². The summed E-state index contributed by atoms with van der Waals surface area (Å²) in [6, 6.07) is 17.8. The molecule has 4 N–H and O–H groups in total. The van der Waals surface area contributed by atoms with E-state index in [1.165, 1.54) is 5.56 Å². The first-order valence-electron chi connectivity index (χ1n) is 8.53. The largest absolute Gasteiger partial charge is 0.508 e. The summed E-state index contributed by atoms with van der Waals surface area (Å²) in [5.41, 5.74) is 8.63. The van der Waals surface area contributed by atoms with Crippen molar-refractivity contribution in [3.63, 3.8) is 0 Å². The maximum atomic E-state index is 10.0. The predicted octanol–water partition coefficient (Wildman–Crippen LogP) is 2.58. The van der Waals surface area contributed by atoms with Crippen LogP contribution in [0.3, 0.4) is 0 Å². The third-order valence-corrected chi connectivity index (χ3v) is 4.57. The summed E-state index contributed by atoms with van der Waals surface area (Å²) in [6.07, 6.45) is 2.56. The molecule has 0 aliphatic carbocycles. The smallest absolute Gasteiger partial charge is 0.168 e. The minimum absolute atomic E-state index is 0.0198. The number of rotatable bonds is 5. The zero-order valence-electron chi connectivity index (χ0n) is 13.8. The minimum Gasteiger partial charge on any atom is -0.508 e. The average molecular weight is 335 g/mol. The number of aromatic nitrogens is 3. The molecular weight excluding hydrogens is 314 g/mol. The lowest BCUT2D eigenvalue weighted by Crippen LogP contribution is -2.27. The highest BCUT2D eigenvalue weighted by molar-refractivity contribution is 5.35. The van der Waals surface area contributed by atoms with Crippen LogP contribution in [0.15, 0.2) is 54.6 Å². The summed E-state index contributed by atoms with van der Waals surface area (Å²) < 4.78 is 0. The Hall–Kier alpha value is -2.70. The Bertz CT molecular complexity index is 833. The van der Waals surface area contributed by atoms with E-state index in [9.17, 15) is 5.11 Å². The predicted molar refractivity (Wildman–Crippen MR) is 94.7 cm³/mol. The second kappa shape index (κ2) is 7.04. The lowest BCUT2D eigenvalue weighted by molar-refractivity contribution is 0.453. The van der Waals surface area contributed by atoms with Gasteiger partial charge in [-0.2, -0.15) is 5.10 Å². The SMILES string of the molecule is Oc1ccccc1C1CC(c2n[nH]c(CCc3ccccc3)n2)NN1. The third-order valence-electron chi connectivity index (χ3n) is 4.57. The second-order valence-electron chi connectivity index (χ2n) is 6.31. The van der Waals surface area contributed by atoms with Crippen molar-refractivity contribution >= 4 is 0 Å². The van der Waals surface area contributed by atoms with Gasteiger partial charge in [-0.25, -0.2) is 15.8 Å². The van der Waals surface area contributed by atoms with Crippen LogP contribution < -0.4 is 10.9 Å². The van der Waals surface area contributed by atoms with Crippen LogP contribution in [0.1, 0.15) is 41.3 Å². The Kier molecular flexibility index (Phi) is 4.45. The van der Waals surface area contributed by atoms with Gasteiger partial charge in [0.2, 0.25) is 0 Å². The molecule has 6 heteroatoms. The van der Waals surface area contributed by atoms with Gasteiger partial charge in [-0.1, -0.05) is 48.5 Å². The highest BCUT2D eigenvalue weighted by Gasteiger charge is 2.30. The fourth-order valence-electron chi connectivity index (χ4n) is 3.20. The van der Waals surface area contributed by atoms with Gasteiger partial charge in [0.25, 0.3) is 0 Å². The normalized spacial score (nSPS) is 20.0. The van der Waals surface area contributed by atoms with E-state index in [1.54, 1.807) is 6.07 Å². The van der Waals surface area contributed by atoms with E-state index < -0.39 is 0 Å². The molecule has 25 heavy (non-hydrogen) atoms. The van der Waals surface area contributed by atoms with Gasteiger partial charge in [-0.15, -0.1) is 0 Å². The molecule has 0 saturated carbocycles. The molecule has 2 heterocycles. The van der Waals surface area contributed by atoms with Gasteiger partial charge in [-0.05, 0) is 24.5 Å². The maximum Gasteiger partial charge on any atom is 0.168 e. The first-order chi connectivity index (χ1) is 12.3. The van der Waals surface area contributed by atoms with E-state index in [4.69, 9.17) is 0 Å². The van der Waals surface area contributed by atoms with Gasteiger partial charge in [0.05, 0.1) is 12.1 Å². The molecule has 0 bridgehead atoms. The highest BCUT2D eigenvalue weighted by Crippen LogP contribution is 2.33. The summed E-state index contributed by atoms with van der Waals surface area (Å²) in [4.78, 5) is 4.63. The van der Waals surface area contributed by atoms with Gasteiger partial charge in [-0.3, -0.25) is 5.10 Å². The monoisotopic (exact) mass is 335 g/mol. The molecule has 1 aromatic heterocycles. The van der Waals surface area contributed by atoms with E-state index in [1.807, 2.05) is 24.3 Å². The van der Waals surface area contributed by atoms with Crippen LogP contribution in [0, 0.1) is 0 Å². The van der Waals surface area contributed by atoms with Crippen molar-refractivity contribution in [2.75, 3.05) is 0 Å². The van der Waals surface area contributed by atoms with E-state index in [-0.39, 0.29) is 12.1 Å². The molecule has 2 atom stereocenters. The van der Waals surface area contributed by atoms with Crippen LogP contribution in [-0.4, -0.2) is 20.3 Å². The van der Waals surface area contributed by atoms with Crippen molar-refractivity contribution in [2.24, 2.45) is 0 Å². The zero-order chi connectivity index (χ0) is 17.1. The van der Waals surface area contributed by atoms with Crippen LogP contribution in [0.25, 0.3) is 0 Å². The van der Waals surface area contributed by atoms with Crippen LogP contribution >= 0.6 is 0 Å². The maximum absolute atomic E-state index is 10.0. The standard InChI is InChI=1S/C19H21N5O/c25-17-9-5-4-8-14(17)15-12-16(22-21-15)19-20-18(23-24-19)11-10-13-6-2-1-3-7-13/h1-9,15-16,21-22,25H,10-12H2,(H,20,23,24). The van der Waals surface area contributed by atoms with Crippen molar-refractivity contribution in [1.29, 1.82) is 0 Å². The molecule has 6 nitrogen and oxygen atoms in total. The minimum atomic E-state index is 0.0198. The summed E-state index contributed by atoms with van der Waals surface area (Å²) in [5.74, 6) is 1.96. The second-order valence-corrected chi connectivity index (χ2v) is 6.31. The number of para-hydroxylation sites is 1. The molecule has 2 unspecified atom stereocenters. The molecule has 128 valence electrons. The molecule has 0 amide bonds. The van der Waals surface area contributed by atoms with Crippen molar-refractivity contribution in [3.05, 3.63) is 77.4 Å². The van der Waals surface area contributed by atoms with Gasteiger partial charge < -0.3 is 5.11 Å². The lowest BCUT2D eigenvalue weighted by Gasteiger charge is -2.10. The number of aromatic amines is 1. The molecule has 0 radical (unpaired) electrons. The summed E-state index contributed by atoms with van der Waals surface area (Å²) in [6.45, 7) is 0. The summed E-state index contributed by atoms with van der Waals surface area (Å²) >= 11 is 0. The van der Waals surface area contributed by atoms with Gasteiger partial charge >= 0.3 is 0 Å². The molecule has 4 rings (SSSR count). The number of aryl methyl sites for hydroxylation is 2.